The maximum Gasteiger partial charge on any atom is 0.303 e. The van der Waals surface area contributed by atoms with E-state index in [9.17, 15) is 40.6 Å². The van der Waals surface area contributed by atoms with Gasteiger partial charge in [-0.15, -0.1) is 0 Å². The van der Waals surface area contributed by atoms with Gasteiger partial charge in [0.15, 0.2) is 17.9 Å². The Morgan fingerprint density at radius 2 is 1.44 bits per heavy atom. The van der Waals surface area contributed by atoms with Crippen molar-refractivity contribution in [1.29, 1.82) is 0 Å². The van der Waals surface area contributed by atoms with Gasteiger partial charge in [0.2, 0.25) is 5.69 Å². The normalized spacial score (nSPS) is 19.5. The van der Waals surface area contributed by atoms with E-state index in [1.807, 2.05) is 91.0 Å². The maximum atomic E-state index is 13.7. The second-order valence-electron chi connectivity index (χ2n) is 18.6. The van der Waals surface area contributed by atoms with E-state index in [0.29, 0.717) is 63.9 Å². The number of hydrogen-bond donors (Lipinski definition) is 5. The number of phenolic OH excluding ortho intramolecular Hbond substituents is 1. The number of ether oxygens (including phenoxy) is 1. The van der Waals surface area contributed by atoms with Crippen LogP contribution in [0.5, 0.6) is 11.5 Å². The number of nitrogens with one attached hydrogen (secondary N) is 1. The van der Waals surface area contributed by atoms with Gasteiger partial charge in [0.25, 0.3) is 26.1 Å². The van der Waals surface area contributed by atoms with Crippen molar-refractivity contribution in [2.24, 2.45) is 0 Å². The van der Waals surface area contributed by atoms with Crippen LogP contribution in [0.3, 0.4) is 0 Å². The first-order chi connectivity index (χ1) is 30.8. The largest absolute Gasteiger partial charge is 0.507 e. The summed E-state index contributed by atoms with van der Waals surface area (Å²) in [5.74, 6) is -0.177. The van der Waals surface area contributed by atoms with Gasteiger partial charge < -0.3 is 25.2 Å². The molecule has 1 atom stereocenters. The van der Waals surface area contributed by atoms with Crippen LogP contribution in [0, 0.1) is 20.8 Å². The first kappa shape index (κ1) is 49.9. The van der Waals surface area contributed by atoms with Crippen LogP contribution in [-0.2, 0) is 47.1 Å². The minimum Gasteiger partial charge on any atom is -0.507 e. The average Bonchev–Trinajstić information content (AvgIpc) is 3.59. The lowest BCUT2D eigenvalue weighted by atomic mass is 9.81. The van der Waals surface area contributed by atoms with Crippen molar-refractivity contribution in [2.75, 3.05) is 24.5 Å². The van der Waals surface area contributed by atoms with Crippen molar-refractivity contribution >= 4 is 49.2 Å². The first-order valence-electron chi connectivity index (χ1n) is 22.2. The Hall–Kier alpha value is -5.55. The molecular formula is C50H62N3O11S2+. The van der Waals surface area contributed by atoms with Gasteiger partial charge in [0, 0.05) is 72.4 Å². The number of anilines is 1. The molecule has 354 valence electrons. The predicted molar refractivity (Wildman–Crippen MR) is 255 cm³/mol. The van der Waals surface area contributed by atoms with Crippen molar-refractivity contribution in [3.63, 3.8) is 0 Å². The molecule has 1 amide bonds. The SMILES string of the molecule is Cc1c(C)c2c(c(C)c1O)CCC(C)(C(=O)NCCC[N+]1=C(/C=C/C=C/C=C/C=C3/N(CCCCCC(=O)O)c4ccc(S(=O)(=O)O)cc4C3(C)C)C(C)(C)c3cc(S(=O)(=O)O)ccc31)O2. The molecule has 1 unspecified atom stereocenters. The number of nitrogens with zero attached hydrogens (tertiary/aromatic N) is 2. The summed E-state index contributed by atoms with van der Waals surface area (Å²) in [4.78, 5) is 26.4. The third-order valence-corrected chi connectivity index (χ3v) is 15.1. The number of carbonyl (C=O) groups is 2. The molecule has 0 radical (unpaired) electrons. The number of unbranched alkanes of at least 4 members (excludes halogenated alkanes) is 2. The lowest BCUT2D eigenvalue weighted by molar-refractivity contribution is -0.437. The zero-order chi connectivity index (χ0) is 48.6. The van der Waals surface area contributed by atoms with Gasteiger partial charge in [0.1, 0.15) is 11.5 Å². The highest BCUT2D eigenvalue weighted by molar-refractivity contribution is 7.86. The lowest BCUT2D eigenvalue weighted by Crippen LogP contribution is -2.51. The number of rotatable bonds is 17. The summed E-state index contributed by atoms with van der Waals surface area (Å²) in [6.07, 6.45) is 16.9. The van der Waals surface area contributed by atoms with Gasteiger partial charge in [0.05, 0.1) is 15.2 Å². The zero-order valence-electron chi connectivity index (χ0n) is 38.9. The van der Waals surface area contributed by atoms with Crippen LogP contribution in [0.1, 0.15) is 107 Å². The third kappa shape index (κ3) is 10.1. The van der Waals surface area contributed by atoms with Crippen LogP contribution in [0.25, 0.3) is 0 Å². The van der Waals surface area contributed by atoms with Crippen LogP contribution >= 0.6 is 0 Å². The fraction of sp³-hybridized carbons (Fsp3) is 0.420. The summed E-state index contributed by atoms with van der Waals surface area (Å²) < 4.78 is 76.7. The van der Waals surface area contributed by atoms with E-state index in [4.69, 9.17) is 9.84 Å². The van der Waals surface area contributed by atoms with Crippen molar-refractivity contribution < 1.29 is 55.1 Å². The number of aliphatic carboxylic acids is 1. The molecule has 5 N–H and O–H groups in total. The van der Waals surface area contributed by atoms with Gasteiger partial charge in [-0.2, -0.15) is 21.4 Å². The van der Waals surface area contributed by atoms with Crippen LogP contribution < -0.4 is 15.0 Å². The summed E-state index contributed by atoms with van der Waals surface area (Å²) >= 11 is 0. The molecule has 3 aliphatic heterocycles. The fourth-order valence-electron chi connectivity index (χ4n) is 9.35. The Bertz CT molecular complexity index is 2840. The number of amides is 1. The topological polar surface area (TPSA) is 211 Å². The van der Waals surface area contributed by atoms with E-state index in [1.165, 1.54) is 24.3 Å². The zero-order valence-corrected chi connectivity index (χ0v) is 40.6. The molecule has 3 aromatic rings. The highest BCUT2D eigenvalue weighted by atomic mass is 32.2. The number of carbonyl (C=O) groups excluding carboxylic acids is 1. The second-order valence-corrected chi connectivity index (χ2v) is 21.4. The monoisotopic (exact) mass is 944 g/mol. The van der Waals surface area contributed by atoms with Crippen LogP contribution in [0.15, 0.2) is 94.4 Å². The molecule has 0 aromatic heterocycles. The average molecular weight is 945 g/mol. The minimum absolute atomic E-state index is 0.0859. The van der Waals surface area contributed by atoms with Crippen molar-refractivity contribution in [1.82, 2.24) is 5.32 Å². The van der Waals surface area contributed by atoms with Crippen molar-refractivity contribution in [3.8, 4) is 11.5 Å². The lowest BCUT2D eigenvalue weighted by Gasteiger charge is -2.36. The maximum absolute atomic E-state index is 13.7. The smallest absolute Gasteiger partial charge is 0.303 e. The minimum atomic E-state index is -4.46. The number of benzene rings is 3. The number of hydrogen-bond acceptors (Lipinski definition) is 9. The molecule has 3 heterocycles. The molecule has 6 rings (SSSR count). The summed E-state index contributed by atoms with van der Waals surface area (Å²) in [6.45, 7) is 16.7. The summed E-state index contributed by atoms with van der Waals surface area (Å²) in [7, 11) is -8.89. The van der Waals surface area contributed by atoms with Gasteiger partial charge in [-0.05, 0) is 119 Å². The van der Waals surface area contributed by atoms with E-state index in [-0.39, 0.29) is 27.9 Å². The van der Waals surface area contributed by atoms with Gasteiger partial charge in [-0.1, -0.05) is 50.6 Å². The molecular weight excluding hydrogens is 883 g/mol. The Kier molecular flexibility index (Phi) is 14.3. The number of fused-ring (bicyclic) bond motifs is 3. The Morgan fingerprint density at radius 1 is 0.803 bits per heavy atom. The number of carboxylic acid groups (broad SMARTS) is 1. The van der Waals surface area contributed by atoms with Crippen molar-refractivity contribution in [3.05, 3.63) is 118 Å². The molecule has 0 bridgehead atoms. The Labute approximate surface area is 388 Å². The molecule has 3 aromatic carbocycles. The quantitative estimate of drug-likeness (QED) is 0.0374. The molecule has 66 heavy (non-hydrogen) atoms. The van der Waals surface area contributed by atoms with Crippen LogP contribution in [-0.4, -0.2) is 83.6 Å². The van der Waals surface area contributed by atoms with Crippen molar-refractivity contribution in [2.45, 2.75) is 127 Å². The van der Waals surface area contributed by atoms with Crippen LogP contribution in [0.2, 0.25) is 0 Å². The fourth-order valence-corrected chi connectivity index (χ4v) is 10.4. The molecule has 0 fully saturated rings. The van der Waals surface area contributed by atoms with E-state index in [2.05, 4.69) is 14.8 Å². The van der Waals surface area contributed by atoms with E-state index in [1.54, 1.807) is 19.1 Å². The molecule has 0 aliphatic carbocycles. The number of phenols is 1. The molecule has 16 heteroatoms. The molecule has 14 nitrogen and oxygen atoms in total. The summed E-state index contributed by atoms with van der Waals surface area (Å²) in [5, 5.41) is 22.7. The number of aromatic hydroxyl groups is 1. The number of allylic oxidation sites excluding steroid dienone is 8. The van der Waals surface area contributed by atoms with Gasteiger partial charge >= 0.3 is 5.97 Å². The highest BCUT2D eigenvalue weighted by Crippen LogP contribution is 2.49. The summed E-state index contributed by atoms with van der Waals surface area (Å²) in [6, 6.07) is 9.15. The van der Waals surface area contributed by atoms with E-state index >= 15 is 0 Å². The first-order valence-corrected chi connectivity index (χ1v) is 25.1. The molecule has 0 saturated heterocycles. The molecule has 0 saturated carbocycles. The van der Waals surface area contributed by atoms with Gasteiger partial charge in [-0.3, -0.25) is 18.7 Å². The molecule has 0 spiro atoms. The molecule has 3 aliphatic rings. The Balaban J connectivity index is 1.19. The predicted octanol–water partition coefficient (Wildman–Crippen LogP) is 8.47. The van der Waals surface area contributed by atoms with E-state index in [0.717, 1.165) is 56.2 Å². The summed E-state index contributed by atoms with van der Waals surface area (Å²) in [5.41, 5.74) is 5.69. The Morgan fingerprint density at radius 3 is 2.11 bits per heavy atom. The standard InChI is InChI=1S/C50H61N3O11S2/c1-32-33(2)46-37(34(3)45(32)56)25-26-50(8,64-46)47(57)51-27-17-29-53-41-24-22-36(66(61,62)63)31-39(41)49(6,7)43(53)19-14-11-9-10-13-18-42-48(4,5)38-30-35(65(58,59)60)21-23-40(38)52(42)28-16-12-15-20-44(54)55/h9-11,13-14,18-19,21-24,30-31H,12,15-17,20,25-29H2,1-8H3,(H4-,51,54,55,56,57,58,59,60,61,62,63)/p+1. The second kappa shape index (κ2) is 19.0. The van der Waals surface area contributed by atoms with Gasteiger partial charge in [-0.25, -0.2) is 0 Å². The third-order valence-electron chi connectivity index (χ3n) is 13.4. The highest BCUT2D eigenvalue weighted by Gasteiger charge is 2.46. The van der Waals surface area contributed by atoms with Crippen LogP contribution in [0.4, 0.5) is 11.4 Å². The van der Waals surface area contributed by atoms with E-state index < -0.39 is 42.6 Å². The number of carboxylic acids is 1.